The third kappa shape index (κ3) is 3.26. The molecule has 7 nitrogen and oxygen atoms in total. The van der Waals surface area contributed by atoms with Crippen LogP contribution in [0.2, 0.25) is 0 Å². The molecular formula is C18H20N4O3. The van der Waals surface area contributed by atoms with Crippen molar-refractivity contribution in [1.29, 1.82) is 0 Å². The number of H-pyrrole nitrogens is 1. The SMILES string of the molecule is COc1ccc(-c2[nH]ncc2C(=O)NC(C)c2c(C)noc2C)cc1. The zero-order valence-electron chi connectivity index (χ0n) is 14.6. The Morgan fingerprint density at radius 1 is 1.28 bits per heavy atom. The predicted molar refractivity (Wildman–Crippen MR) is 92.4 cm³/mol. The highest BCUT2D eigenvalue weighted by molar-refractivity contribution is 5.99. The summed E-state index contributed by atoms with van der Waals surface area (Å²) >= 11 is 0. The second-order valence-electron chi connectivity index (χ2n) is 5.82. The Hall–Kier alpha value is -3.09. The average Bonchev–Trinajstić information content (AvgIpc) is 3.22. The number of carbonyl (C=O) groups excluding carboxylic acids is 1. The van der Waals surface area contributed by atoms with Gasteiger partial charge in [-0.3, -0.25) is 9.89 Å². The predicted octanol–water partition coefficient (Wildman–Crippen LogP) is 3.18. The number of aromatic nitrogens is 3. The number of methoxy groups -OCH3 is 1. The van der Waals surface area contributed by atoms with E-state index in [0.29, 0.717) is 17.0 Å². The molecule has 2 N–H and O–H groups in total. The van der Waals surface area contributed by atoms with Gasteiger partial charge >= 0.3 is 0 Å². The highest BCUT2D eigenvalue weighted by atomic mass is 16.5. The lowest BCUT2D eigenvalue weighted by atomic mass is 10.0. The third-order valence-electron chi connectivity index (χ3n) is 4.13. The Balaban J connectivity index is 1.83. The summed E-state index contributed by atoms with van der Waals surface area (Å²) in [6.07, 6.45) is 1.52. The fourth-order valence-electron chi connectivity index (χ4n) is 2.89. The molecule has 0 spiro atoms. The van der Waals surface area contributed by atoms with Crippen LogP contribution in [0.5, 0.6) is 5.75 Å². The molecule has 0 saturated carbocycles. The van der Waals surface area contributed by atoms with E-state index in [9.17, 15) is 4.79 Å². The van der Waals surface area contributed by atoms with Crippen molar-refractivity contribution >= 4 is 5.91 Å². The van der Waals surface area contributed by atoms with Crippen molar-refractivity contribution in [3.05, 3.63) is 53.0 Å². The number of hydrogen-bond acceptors (Lipinski definition) is 5. The summed E-state index contributed by atoms with van der Waals surface area (Å²) in [5.41, 5.74) is 3.65. The number of nitrogens with zero attached hydrogens (tertiary/aromatic N) is 2. The molecule has 2 heterocycles. The molecule has 0 aliphatic rings. The molecular weight excluding hydrogens is 320 g/mol. The monoisotopic (exact) mass is 340 g/mol. The Kier molecular flexibility index (Phi) is 4.56. The minimum atomic E-state index is -0.225. The van der Waals surface area contributed by atoms with Gasteiger partial charge in [0, 0.05) is 11.1 Å². The maximum atomic E-state index is 12.7. The molecule has 25 heavy (non-hydrogen) atoms. The van der Waals surface area contributed by atoms with Crippen molar-refractivity contribution in [3.8, 4) is 17.0 Å². The van der Waals surface area contributed by atoms with Crippen LogP contribution in [0.1, 0.15) is 40.3 Å². The van der Waals surface area contributed by atoms with Crippen LogP contribution in [-0.2, 0) is 0 Å². The third-order valence-corrected chi connectivity index (χ3v) is 4.13. The lowest BCUT2D eigenvalue weighted by Crippen LogP contribution is -2.27. The first-order valence-corrected chi connectivity index (χ1v) is 7.92. The second-order valence-corrected chi connectivity index (χ2v) is 5.82. The van der Waals surface area contributed by atoms with Crippen molar-refractivity contribution in [2.24, 2.45) is 0 Å². The lowest BCUT2D eigenvalue weighted by Gasteiger charge is -2.14. The van der Waals surface area contributed by atoms with E-state index in [4.69, 9.17) is 9.26 Å². The van der Waals surface area contributed by atoms with E-state index in [0.717, 1.165) is 22.6 Å². The Bertz CT molecular complexity index is 861. The summed E-state index contributed by atoms with van der Waals surface area (Å²) in [6, 6.07) is 7.20. The van der Waals surface area contributed by atoms with E-state index >= 15 is 0 Å². The first kappa shape index (κ1) is 16.8. The van der Waals surface area contributed by atoms with Gasteiger partial charge in [0.05, 0.1) is 36.3 Å². The van der Waals surface area contributed by atoms with Gasteiger partial charge in [-0.2, -0.15) is 5.10 Å². The second kappa shape index (κ2) is 6.80. The summed E-state index contributed by atoms with van der Waals surface area (Å²) in [6.45, 7) is 5.59. The summed E-state index contributed by atoms with van der Waals surface area (Å²) < 4.78 is 10.3. The molecule has 0 aliphatic heterocycles. The van der Waals surface area contributed by atoms with Crippen LogP contribution in [0, 0.1) is 13.8 Å². The first-order valence-electron chi connectivity index (χ1n) is 7.92. The molecule has 0 radical (unpaired) electrons. The summed E-state index contributed by atoms with van der Waals surface area (Å²) in [5, 5.41) is 13.8. The molecule has 0 aliphatic carbocycles. The number of amides is 1. The quantitative estimate of drug-likeness (QED) is 0.744. The normalized spacial score (nSPS) is 12.0. The van der Waals surface area contributed by atoms with Crippen LogP contribution in [0.4, 0.5) is 0 Å². The number of aryl methyl sites for hydroxylation is 2. The molecule has 0 bridgehead atoms. The highest BCUT2D eigenvalue weighted by Crippen LogP contribution is 2.25. The van der Waals surface area contributed by atoms with Crippen molar-refractivity contribution in [2.45, 2.75) is 26.8 Å². The molecule has 130 valence electrons. The number of nitrogens with one attached hydrogen (secondary N) is 2. The molecule has 1 amide bonds. The van der Waals surface area contributed by atoms with Gasteiger partial charge in [0.1, 0.15) is 11.5 Å². The van der Waals surface area contributed by atoms with Crippen molar-refractivity contribution < 1.29 is 14.1 Å². The van der Waals surface area contributed by atoms with Gasteiger partial charge in [-0.1, -0.05) is 5.16 Å². The Morgan fingerprint density at radius 2 is 2.00 bits per heavy atom. The van der Waals surface area contributed by atoms with Crippen molar-refractivity contribution in [1.82, 2.24) is 20.7 Å². The van der Waals surface area contributed by atoms with Gasteiger partial charge in [0.15, 0.2) is 0 Å². The minimum Gasteiger partial charge on any atom is -0.497 e. The van der Waals surface area contributed by atoms with Gasteiger partial charge in [-0.25, -0.2) is 0 Å². The van der Waals surface area contributed by atoms with E-state index in [1.165, 1.54) is 6.20 Å². The van der Waals surface area contributed by atoms with E-state index in [1.54, 1.807) is 7.11 Å². The van der Waals surface area contributed by atoms with Gasteiger partial charge in [0.2, 0.25) is 0 Å². The standard InChI is InChI=1S/C18H20N4O3/c1-10(16-11(2)22-25-12(16)3)20-18(23)15-9-19-21-17(15)13-5-7-14(24-4)8-6-13/h5-10H,1-4H3,(H,19,21)(H,20,23). The van der Waals surface area contributed by atoms with E-state index < -0.39 is 0 Å². The van der Waals surface area contributed by atoms with Gasteiger partial charge in [-0.15, -0.1) is 0 Å². The number of carbonyl (C=O) groups is 1. The van der Waals surface area contributed by atoms with Crippen LogP contribution in [0.15, 0.2) is 35.0 Å². The number of aromatic amines is 1. The van der Waals surface area contributed by atoms with Crippen molar-refractivity contribution in [2.75, 3.05) is 7.11 Å². The lowest BCUT2D eigenvalue weighted by molar-refractivity contribution is 0.0940. The van der Waals surface area contributed by atoms with Crippen LogP contribution in [0.25, 0.3) is 11.3 Å². The minimum absolute atomic E-state index is 0.216. The molecule has 1 aromatic carbocycles. The molecule has 0 fully saturated rings. The molecule has 3 rings (SSSR count). The van der Waals surface area contributed by atoms with Gasteiger partial charge < -0.3 is 14.6 Å². The molecule has 0 saturated heterocycles. The zero-order valence-corrected chi connectivity index (χ0v) is 14.6. The van der Waals surface area contributed by atoms with Crippen LogP contribution < -0.4 is 10.1 Å². The first-order chi connectivity index (χ1) is 12.0. The van der Waals surface area contributed by atoms with Crippen LogP contribution in [-0.4, -0.2) is 28.4 Å². The molecule has 2 aromatic heterocycles. The topological polar surface area (TPSA) is 93.0 Å². The fourth-order valence-corrected chi connectivity index (χ4v) is 2.89. The largest absolute Gasteiger partial charge is 0.497 e. The Labute approximate surface area is 145 Å². The van der Waals surface area contributed by atoms with Crippen LogP contribution in [0.3, 0.4) is 0 Å². The fraction of sp³-hybridized carbons (Fsp3) is 0.278. The van der Waals surface area contributed by atoms with E-state index in [2.05, 4.69) is 20.7 Å². The smallest absolute Gasteiger partial charge is 0.255 e. The van der Waals surface area contributed by atoms with E-state index in [1.807, 2.05) is 45.0 Å². The number of ether oxygens (including phenoxy) is 1. The molecule has 1 unspecified atom stereocenters. The zero-order chi connectivity index (χ0) is 18.0. The summed E-state index contributed by atoms with van der Waals surface area (Å²) in [5.74, 6) is 1.24. The van der Waals surface area contributed by atoms with Crippen LogP contribution >= 0.6 is 0 Å². The molecule has 7 heteroatoms. The van der Waals surface area contributed by atoms with E-state index in [-0.39, 0.29) is 11.9 Å². The van der Waals surface area contributed by atoms with Gasteiger partial charge in [0.25, 0.3) is 5.91 Å². The molecule has 1 atom stereocenters. The average molecular weight is 340 g/mol. The van der Waals surface area contributed by atoms with Gasteiger partial charge in [-0.05, 0) is 45.0 Å². The van der Waals surface area contributed by atoms with Crippen molar-refractivity contribution in [3.63, 3.8) is 0 Å². The number of rotatable bonds is 5. The highest BCUT2D eigenvalue weighted by Gasteiger charge is 2.21. The maximum absolute atomic E-state index is 12.7. The number of hydrogen-bond donors (Lipinski definition) is 2. The molecule has 3 aromatic rings. The maximum Gasteiger partial charge on any atom is 0.255 e. The number of benzene rings is 1. The Morgan fingerprint density at radius 3 is 2.60 bits per heavy atom. The summed E-state index contributed by atoms with van der Waals surface area (Å²) in [7, 11) is 1.61. The summed E-state index contributed by atoms with van der Waals surface area (Å²) in [4.78, 5) is 12.7.